The third kappa shape index (κ3) is 4.17. The summed E-state index contributed by atoms with van der Waals surface area (Å²) in [6.45, 7) is 4.68. The molecule has 4 aromatic rings. The second kappa shape index (κ2) is 9.52. The van der Waals surface area contributed by atoms with Crippen LogP contribution in [-0.4, -0.2) is 49.3 Å². The SMILES string of the molecule is CCOC(=O)C1CCN(Cn2nc3n(Cc4ccccc4)c(=O)c4ccccc4n3c2=S)CC1. The van der Waals surface area contributed by atoms with Crippen LogP contribution in [0.5, 0.6) is 0 Å². The number of hydrogen-bond donors (Lipinski definition) is 0. The second-order valence-corrected chi connectivity index (χ2v) is 8.96. The lowest BCUT2D eigenvalue weighted by molar-refractivity contribution is -0.149. The van der Waals surface area contributed by atoms with Gasteiger partial charge in [-0.3, -0.25) is 23.5 Å². The van der Waals surface area contributed by atoms with Gasteiger partial charge in [0.1, 0.15) is 0 Å². The topological polar surface area (TPSA) is 73.8 Å². The first kappa shape index (κ1) is 22.5. The Balaban J connectivity index is 1.51. The molecule has 0 atom stereocenters. The summed E-state index contributed by atoms with van der Waals surface area (Å²) in [6.07, 6.45) is 1.50. The van der Waals surface area contributed by atoms with E-state index >= 15 is 0 Å². The van der Waals surface area contributed by atoms with Gasteiger partial charge in [-0.05, 0) is 49.7 Å². The number of carbonyl (C=O) groups is 1. The Morgan fingerprint density at radius 1 is 1.09 bits per heavy atom. The zero-order valence-corrected chi connectivity index (χ0v) is 19.9. The van der Waals surface area contributed by atoms with Gasteiger partial charge in [0.2, 0.25) is 10.5 Å². The summed E-state index contributed by atoms with van der Waals surface area (Å²) in [6, 6.07) is 17.4. The largest absolute Gasteiger partial charge is 0.466 e. The van der Waals surface area contributed by atoms with Crippen molar-refractivity contribution in [2.75, 3.05) is 19.7 Å². The van der Waals surface area contributed by atoms with E-state index < -0.39 is 0 Å². The van der Waals surface area contributed by atoms with Crippen LogP contribution in [0.3, 0.4) is 0 Å². The smallest absolute Gasteiger partial charge is 0.309 e. The zero-order chi connectivity index (χ0) is 23.7. The molecule has 9 heteroatoms. The third-order valence-electron chi connectivity index (χ3n) is 6.41. The van der Waals surface area contributed by atoms with E-state index in [0.29, 0.717) is 35.8 Å². The van der Waals surface area contributed by atoms with Crippen molar-refractivity contribution in [3.63, 3.8) is 0 Å². The fraction of sp³-hybridized carbons (Fsp3) is 0.360. The summed E-state index contributed by atoms with van der Waals surface area (Å²) < 4.78 is 11.1. The molecule has 0 unspecified atom stereocenters. The number of nitrogens with zero attached hydrogens (tertiary/aromatic N) is 5. The van der Waals surface area contributed by atoms with E-state index in [-0.39, 0.29) is 17.4 Å². The lowest BCUT2D eigenvalue weighted by Gasteiger charge is -2.30. The Morgan fingerprint density at radius 2 is 1.79 bits per heavy atom. The summed E-state index contributed by atoms with van der Waals surface area (Å²) in [5.74, 6) is 0.368. The molecule has 5 rings (SSSR count). The number of esters is 1. The van der Waals surface area contributed by atoms with E-state index in [2.05, 4.69) is 4.90 Å². The van der Waals surface area contributed by atoms with Gasteiger partial charge in [-0.2, -0.15) is 0 Å². The average molecular weight is 478 g/mol. The lowest BCUT2D eigenvalue weighted by atomic mass is 9.97. The number of hydrogen-bond acceptors (Lipinski definition) is 6. The fourth-order valence-electron chi connectivity index (χ4n) is 4.63. The van der Waals surface area contributed by atoms with Crippen LogP contribution >= 0.6 is 12.2 Å². The Bertz CT molecular complexity index is 1450. The Morgan fingerprint density at radius 3 is 2.53 bits per heavy atom. The predicted octanol–water partition coefficient (Wildman–Crippen LogP) is 3.46. The van der Waals surface area contributed by atoms with Gasteiger partial charge >= 0.3 is 5.97 Å². The lowest BCUT2D eigenvalue weighted by Crippen LogP contribution is -2.38. The number of likely N-dealkylation sites (tertiary alicyclic amines) is 1. The molecule has 1 fully saturated rings. The fourth-order valence-corrected chi connectivity index (χ4v) is 4.91. The minimum absolute atomic E-state index is 0.0507. The average Bonchev–Trinajstić information content (AvgIpc) is 3.18. The standard InChI is InChI=1S/C25H27N5O3S/c1-2-33-23(32)19-12-14-27(15-13-19)17-29-25(34)30-21-11-7-6-10-20(21)22(31)28(24(30)26-29)16-18-8-4-3-5-9-18/h3-11,19H,2,12-17H2,1H3. The number of benzene rings is 2. The van der Waals surface area contributed by atoms with Crippen molar-refractivity contribution >= 4 is 34.9 Å². The van der Waals surface area contributed by atoms with E-state index in [1.54, 1.807) is 9.25 Å². The van der Waals surface area contributed by atoms with Crippen molar-refractivity contribution in [3.8, 4) is 0 Å². The van der Waals surface area contributed by atoms with Crippen molar-refractivity contribution < 1.29 is 9.53 Å². The molecule has 1 aliphatic heterocycles. The quantitative estimate of drug-likeness (QED) is 0.313. The molecule has 2 aromatic carbocycles. The summed E-state index contributed by atoms with van der Waals surface area (Å²) in [5.41, 5.74) is 1.68. The molecule has 1 saturated heterocycles. The monoisotopic (exact) mass is 477 g/mol. The number of rotatable bonds is 6. The summed E-state index contributed by atoms with van der Waals surface area (Å²) in [7, 11) is 0. The highest BCUT2D eigenvalue weighted by molar-refractivity contribution is 7.71. The minimum Gasteiger partial charge on any atom is -0.466 e. The first-order valence-corrected chi connectivity index (χ1v) is 12.0. The summed E-state index contributed by atoms with van der Waals surface area (Å²) in [4.78, 5) is 27.7. The van der Waals surface area contributed by atoms with Crippen LogP contribution in [-0.2, 0) is 22.7 Å². The number of piperidine rings is 1. The second-order valence-electron chi connectivity index (χ2n) is 8.60. The highest BCUT2D eigenvalue weighted by Crippen LogP contribution is 2.20. The molecular formula is C25H27N5O3S. The number of para-hydroxylation sites is 1. The van der Waals surface area contributed by atoms with Crippen molar-refractivity contribution in [2.24, 2.45) is 5.92 Å². The van der Waals surface area contributed by atoms with Crippen molar-refractivity contribution in [1.82, 2.24) is 23.6 Å². The molecule has 0 bridgehead atoms. The summed E-state index contributed by atoms with van der Waals surface area (Å²) in [5, 5.41) is 5.41. The van der Waals surface area contributed by atoms with E-state index in [0.717, 1.165) is 37.0 Å². The van der Waals surface area contributed by atoms with Crippen molar-refractivity contribution in [3.05, 3.63) is 75.3 Å². The Labute approximate surface area is 202 Å². The maximum absolute atomic E-state index is 13.4. The van der Waals surface area contributed by atoms with Crippen LogP contribution < -0.4 is 5.56 Å². The van der Waals surface area contributed by atoms with Crippen LogP contribution in [0, 0.1) is 10.7 Å². The number of fused-ring (bicyclic) bond motifs is 3. The molecule has 1 aliphatic rings. The van der Waals surface area contributed by atoms with Crippen molar-refractivity contribution in [2.45, 2.75) is 33.0 Å². The molecule has 34 heavy (non-hydrogen) atoms. The van der Waals surface area contributed by atoms with Crippen LogP contribution in [0.1, 0.15) is 25.3 Å². The maximum Gasteiger partial charge on any atom is 0.309 e. The minimum atomic E-state index is -0.108. The predicted molar refractivity (Wildman–Crippen MR) is 132 cm³/mol. The molecule has 0 radical (unpaired) electrons. The van der Waals surface area contributed by atoms with Gasteiger partial charge in [-0.15, -0.1) is 5.10 Å². The van der Waals surface area contributed by atoms with Gasteiger partial charge in [0.15, 0.2) is 0 Å². The molecule has 0 amide bonds. The first-order chi connectivity index (χ1) is 16.6. The Hall–Kier alpha value is -3.30. The molecule has 0 spiro atoms. The van der Waals surface area contributed by atoms with Crippen LogP contribution in [0.2, 0.25) is 0 Å². The van der Waals surface area contributed by atoms with E-state index in [1.807, 2.05) is 65.9 Å². The molecule has 0 aliphatic carbocycles. The van der Waals surface area contributed by atoms with Gasteiger partial charge < -0.3 is 4.74 Å². The Kier molecular flexibility index (Phi) is 6.30. The normalized spacial score (nSPS) is 15.2. The molecule has 2 aromatic heterocycles. The van der Waals surface area contributed by atoms with Gasteiger partial charge in [0.05, 0.1) is 36.6 Å². The van der Waals surface area contributed by atoms with Gasteiger partial charge in [0.25, 0.3) is 5.56 Å². The highest BCUT2D eigenvalue weighted by atomic mass is 32.1. The number of ether oxygens (including phenoxy) is 1. The highest BCUT2D eigenvalue weighted by Gasteiger charge is 2.26. The van der Waals surface area contributed by atoms with E-state index in [4.69, 9.17) is 22.1 Å². The first-order valence-electron chi connectivity index (χ1n) is 11.6. The van der Waals surface area contributed by atoms with Gasteiger partial charge in [0, 0.05) is 13.1 Å². The maximum atomic E-state index is 13.4. The third-order valence-corrected chi connectivity index (χ3v) is 6.80. The molecule has 0 saturated carbocycles. The number of aromatic nitrogens is 4. The van der Waals surface area contributed by atoms with Crippen molar-refractivity contribution in [1.29, 1.82) is 0 Å². The molecular weight excluding hydrogens is 450 g/mol. The number of carbonyl (C=O) groups excluding carboxylic acids is 1. The van der Waals surface area contributed by atoms with Crippen LogP contribution in [0.4, 0.5) is 0 Å². The van der Waals surface area contributed by atoms with Gasteiger partial charge in [-0.25, -0.2) is 4.68 Å². The van der Waals surface area contributed by atoms with E-state index in [9.17, 15) is 9.59 Å². The van der Waals surface area contributed by atoms with E-state index in [1.165, 1.54) is 0 Å². The molecule has 3 heterocycles. The van der Waals surface area contributed by atoms with Crippen LogP contribution in [0.25, 0.3) is 16.7 Å². The molecule has 8 nitrogen and oxygen atoms in total. The molecule has 0 N–H and O–H groups in total. The molecule has 176 valence electrons. The zero-order valence-electron chi connectivity index (χ0n) is 19.1. The van der Waals surface area contributed by atoms with Gasteiger partial charge in [-0.1, -0.05) is 42.5 Å². The summed E-state index contributed by atoms with van der Waals surface area (Å²) >= 11 is 5.84. The van der Waals surface area contributed by atoms with Crippen LogP contribution in [0.15, 0.2) is 59.4 Å².